The Morgan fingerprint density at radius 3 is 2.05 bits per heavy atom. The van der Waals surface area contributed by atoms with Gasteiger partial charge in [-0.3, -0.25) is 4.90 Å². The maximum absolute atomic E-state index is 5.93. The van der Waals surface area contributed by atoms with Gasteiger partial charge in [0.25, 0.3) is 0 Å². The standard InChI is InChI=1S/C14H23ClN2O2/c1-18-9-7-17(8-10-19-2)14(11-16)12-3-5-13(15)6-4-12/h3-6,14H,7-11,16H2,1-2H3. The van der Waals surface area contributed by atoms with Gasteiger partial charge in [-0.15, -0.1) is 0 Å². The zero-order valence-electron chi connectivity index (χ0n) is 11.6. The van der Waals surface area contributed by atoms with Crippen LogP contribution in [-0.2, 0) is 9.47 Å². The van der Waals surface area contributed by atoms with Crippen LogP contribution in [0.4, 0.5) is 0 Å². The van der Waals surface area contributed by atoms with E-state index < -0.39 is 0 Å². The fourth-order valence-electron chi connectivity index (χ4n) is 2.02. The molecule has 0 aliphatic heterocycles. The Hall–Kier alpha value is -0.650. The number of hydrogen-bond acceptors (Lipinski definition) is 4. The summed E-state index contributed by atoms with van der Waals surface area (Å²) in [6.07, 6.45) is 0. The Balaban J connectivity index is 2.78. The summed E-state index contributed by atoms with van der Waals surface area (Å²) in [5.41, 5.74) is 7.10. The van der Waals surface area contributed by atoms with E-state index in [2.05, 4.69) is 4.90 Å². The molecule has 0 saturated carbocycles. The van der Waals surface area contributed by atoms with Gasteiger partial charge in [0, 0.05) is 44.9 Å². The summed E-state index contributed by atoms with van der Waals surface area (Å²) >= 11 is 5.92. The summed E-state index contributed by atoms with van der Waals surface area (Å²) in [4.78, 5) is 2.27. The van der Waals surface area contributed by atoms with Crippen molar-refractivity contribution in [3.05, 3.63) is 34.9 Å². The molecule has 0 aliphatic rings. The normalized spacial score (nSPS) is 12.9. The Kier molecular flexibility index (Phi) is 8.02. The number of benzene rings is 1. The largest absolute Gasteiger partial charge is 0.383 e. The van der Waals surface area contributed by atoms with Crippen molar-refractivity contribution >= 4 is 11.6 Å². The fraction of sp³-hybridized carbons (Fsp3) is 0.571. The van der Waals surface area contributed by atoms with E-state index in [0.717, 1.165) is 18.1 Å². The van der Waals surface area contributed by atoms with Crippen molar-refractivity contribution in [2.45, 2.75) is 6.04 Å². The highest BCUT2D eigenvalue weighted by Gasteiger charge is 2.18. The van der Waals surface area contributed by atoms with E-state index in [1.54, 1.807) is 14.2 Å². The van der Waals surface area contributed by atoms with E-state index in [-0.39, 0.29) is 6.04 Å². The quantitative estimate of drug-likeness (QED) is 0.754. The molecule has 0 aromatic heterocycles. The van der Waals surface area contributed by atoms with Crippen molar-refractivity contribution in [3.63, 3.8) is 0 Å². The van der Waals surface area contributed by atoms with Crippen molar-refractivity contribution in [1.82, 2.24) is 4.90 Å². The maximum Gasteiger partial charge on any atom is 0.0589 e. The molecule has 4 nitrogen and oxygen atoms in total. The molecular formula is C14H23ClN2O2. The molecule has 1 aromatic rings. The Bertz CT molecular complexity index is 338. The predicted molar refractivity (Wildman–Crippen MR) is 78.6 cm³/mol. The monoisotopic (exact) mass is 286 g/mol. The van der Waals surface area contributed by atoms with Gasteiger partial charge in [-0.1, -0.05) is 23.7 Å². The van der Waals surface area contributed by atoms with Gasteiger partial charge in [0.05, 0.1) is 13.2 Å². The van der Waals surface area contributed by atoms with Crippen molar-refractivity contribution in [2.75, 3.05) is 47.1 Å². The van der Waals surface area contributed by atoms with Gasteiger partial charge in [0.15, 0.2) is 0 Å². The molecule has 2 N–H and O–H groups in total. The van der Waals surface area contributed by atoms with Crippen LogP contribution in [0.5, 0.6) is 0 Å². The van der Waals surface area contributed by atoms with Crippen LogP contribution in [0, 0.1) is 0 Å². The third-order valence-corrected chi connectivity index (χ3v) is 3.34. The topological polar surface area (TPSA) is 47.7 Å². The summed E-state index contributed by atoms with van der Waals surface area (Å²) in [6, 6.07) is 7.98. The van der Waals surface area contributed by atoms with E-state index in [0.29, 0.717) is 19.8 Å². The highest BCUT2D eigenvalue weighted by atomic mass is 35.5. The molecular weight excluding hydrogens is 264 g/mol. The molecule has 1 unspecified atom stereocenters. The summed E-state index contributed by atoms with van der Waals surface area (Å²) in [7, 11) is 3.41. The van der Waals surface area contributed by atoms with Crippen molar-refractivity contribution in [2.24, 2.45) is 5.73 Å². The predicted octanol–water partition coefficient (Wildman–Crippen LogP) is 1.93. The van der Waals surface area contributed by atoms with Crippen molar-refractivity contribution in [1.29, 1.82) is 0 Å². The average Bonchev–Trinajstić information content (AvgIpc) is 2.43. The number of rotatable bonds is 9. The van der Waals surface area contributed by atoms with Crippen molar-refractivity contribution < 1.29 is 9.47 Å². The number of ether oxygens (including phenoxy) is 2. The highest BCUT2D eigenvalue weighted by Crippen LogP contribution is 2.21. The van der Waals surface area contributed by atoms with Crippen LogP contribution in [0.15, 0.2) is 24.3 Å². The molecule has 5 heteroatoms. The molecule has 19 heavy (non-hydrogen) atoms. The lowest BCUT2D eigenvalue weighted by Gasteiger charge is -2.31. The molecule has 1 aromatic carbocycles. The first kappa shape index (κ1) is 16.4. The molecule has 108 valence electrons. The first-order chi connectivity index (χ1) is 9.22. The number of methoxy groups -OCH3 is 2. The molecule has 0 bridgehead atoms. The average molecular weight is 287 g/mol. The lowest BCUT2D eigenvalue weighted by molar-refractivity contribution is 0.0891. The number of halogens is 1. The van der Waals surface area contributed by atoms with E-state index in [1.807, 2.05) is 24.3 Å². The van der Waals surface area contributed by atoms with Gasteiger partial charge in [0.1, 0.15) is 0 Å². The van der Waals surface area contributed by atoms with Gasteiger partial charge in [-0.2, -0.15) is 0 Å². The highest BCUT2D eigenvalue weighted by molar-refractivity contribution is 6.30. The number of nitrogens with two attached hydrogens (primary N) is 1. The molecule has 1 rings (SSSR count). The SMILES string of the molecule is COCCN(CCOC)C(CN)c1ccc(Cl)cc1. The van der Waals surface area contributed by atoms with Gasteiger partial charge >= 0.3 is 0 Å². The molecule has 0 aliphatic carbocycles. The molecule has 0 heterocycles. The van der Waals surface area contributed by atoms with Crippen LogP contribution < -0.4 is 5.73 Å². The second kappa shape index (κ2) is 9.28. The van der Waals surface area contributed by atoms with Gasteiger partial charge in [-0.25, -0.2) is 0 Å². The Morgan fingerprint density at radius 2 is 1.63 bits per heavy atom. The first-order valence-electron chi connectivity index (χ1n) is 6.40. The van der Waals surface area contributed by atoms with Gasteiger partial charge < -0.3 is 15.2 Å². The van der Waals surface area contributed by atoms with Crippen molar-refractivity contribution in [3.8, 4) is 0 Å². The molecule has 0 fully saturated rings. The lowest BCUT2D eigenvalue weighted by Crippen LogP contribution is -2.38. The fourth-order valence-corrected chi connectivity index (χ4v) is 2.15. The summed E-state index contributed by atoms with van der Waals surface area (Å²) in [5.74, 6) is 0. The summed E-state index contributed by atoms with van der Waals surface area (Å²) in [6.45, 7) is 3.55. The summed E-state index contributed by atoms with van der Waals surface area (Å²) < 4.78 is 10.3. The molecule has 0 radical (unpaired) electrons. The van der Waals surface area contributed by atoms with Gasteiger partial charge in [0.2, 0.25) is 0 Å². The van der Waals surface area contributed by atoms with Crippen LogP contribution in [0.2, 0.25) is 5.02 Å². The minimum Gasteiger partial charge on any atom is -0.383 e. The smallest absolute Gasteiger partial charge is 0.0589 e. The van der Waals surface area contributed by atoms with Crippen LogP contribution in [0.1, 0.15) is 11.6 Å². The van der Waals surface area contributed by atoms with Gasteiger partial charge in [-0.05, 0) is 17.7 Å². The zero-order valence-corrected chi connectivity index (χ0v) is 12.4. The van der Waals surface area contributed by atoms with Crippen LogP contribution in [-0.4, -0.2) is 52.0 Å². The molecule has 1 atom stereocenters. The third-order valence-electron chi connectivity index (χ3n) is 3.08. The minimum atomic E-state index is 0.155. The Labute approximate surface area is 120 Å². The lowest BCUT2D eigenvalue weighted by atomic mass is 10.1. The van der Waals surface area contributed by atoms with Crippen LogP contribution in [0.3, 0.4) is 0 Å². The van der Waals surface area contributed by atoms with Crippen LogP contribution in [0.25, 0.3) is 0 Å². The summed E-state index contributed by atoms with van der Waals surface area (Å²) in [5, 5.41) is 0.736. The number of hydrogen-bond donors (Lipinski definition) is 1. The van der Waals surface area contributed by atoms with E-state index in [4.69, 9.17) is 26.8 Å². The first-order valence-corrected chi connectivity index (χ1v) is 6.78. The third kappa shape index (κ3) is 5.47. The maximum atomic E-state index is 5.93. The van der Waals surface area contributed by atoms with E-state index >= 15 is 0 Å². The molecule has 0 spiro atoms. The van der Waals surface area contributed by atoms with E-state index in [1.165, 1.54) is 5.56 Å². The van der Waals surface area contributed by atoms with Crippen LogP contribution >= 0.6 is 11.6 Å². The second-order valence-electron chi connectivity index (χ2n) is 4.32. The zero-order chi connectivity index (χ0) is 14.1. The molecule has 0 amide bonds. The molecule has 0 saturated heterocycles. The Morgan fingerprint density at radius 1 is 1.11 bits per heavy atom. The number of nitrogens with zero attached hydrogens (tertiary/aromatic N) is 1. The van der Waals surface area contributed by atoms with E-state index in [9.17, 15) is 0 Å². The second-order valence-corrected chi connectivity index (χ2v) is 4.76. The minimum absolute atomic E-state index is 0.155.